The van der Waals surface area contributed by atoms with Crippen molar-refractivity contribution in [3.05, 3.63) is 0 Å². The minimum Gasteiger partial charge on any atom is -0.464 e. The summed E-state index contributed by atoms with van der Waals surface area (Å²) in [4.78, 5) is 47.5. The predicted molar refractivity (Wildman–Crippen MR) is 99.0 cm³/mol. The molecule has 0 radical (unpaired) electrons. The maximum atomic E-state index is 12.7. The number of rotatable bonds is 6. The number of hydrogen-bond donors (Lipinski definition) is 2. The van der Waals surface area contributed by atoms with E-state index in [2.05, 4.69) is 25.6 Å². The van der Waals surface area contributed by atoms with Gasteiger partial charge in [-0.1, -0.05) is 11.8 Å². The number of carboxylic acid groups (broad SMARTS) is 1. The quantitative estimate of drug-likeness (QED) is 0.388. The van der Waals surface area contributed by atoms with E-state index in [1.54, 1.807) is 0 Å². The van der Waals surface area contributed by atoms with Gasteiger partial charge in [-0.2, -0.15) is 13.2 Å². The van der Waals surface area contributed by atoms with Crippen molar-refractivity contribution in [1.82, 2.24) is 35.5 Å². The second kappa shape index (κ2) is 8.44. The van der Waals surface area contributed by atoms with E-state index in [0.717, 1.165) is 16.8 Å². The van der Waals surface area contributed by atoms with E-state index in [-0.39, 0.29) is 36.3 Å². The maximum Gasteiger partial charge on any atom is 0.490 e. The third kappa shape index (κ3) is 3.98. The number of amides is 2. The maximum absolute atomic E-state index is 12.7. The molecule has 2 saturated carbocycles. The van der Waals surface area contributed by atoms with Crippen LogP contribution >= 0.6 is 11.8 Å². The molecule has 5 atom stereocenters. The summed E-state index contributed by atoms with van der Waals surface area (Å²) in [6.07, 6.45) is -7.64. The Morgan fingerprint density at radius 2 is 2.03 bits per heavy atom. The zero-order valence-electron chi connectivity index (χ0n) is 16.9. The number of esters is 1. The van der Waals surface area contributed by atoms with Crippen LogP contribution in [0.25, 0.3) is 0 Å². The number of halogens is 3. The summed E-state index contributed by atoms with van der Waals surface area (Å²) in [6.45, 7) is -0.157. The van der Waals surface area contributed by atoms with Gasteiger partial charge in [0.25, 0.3) is 0 Å². The van der Waals surface area contributed by atoms with Crippen molar-refractivity contribution in [2.24, 2.45) is 11.8 Å². The van der Waals surface area contributed by atoms with Crippen LogP contribution in [0.2, 0.25) is 0 Å². The number of alkyl halides is 3. The Morgan fingerprint density at radius 3 is 2.67 bits per heavy atom. The van der Waals surface area contributed by atoms with Crippen LogP contribution in [-0.4, -0.2) is 96.4 Å². The van der Waals surface area contributed by atoms with Crippen molar-refractivity contribution in [3.63, 3.8) is 0 Å². The van der Waals surface area contributed by atoms with Gasteiger partial charge in [-0.3, -0.25) is 9.59 Å². The molecule has 33 heavy (non-hydrogen) atoms. The number of tetrazole rings is 1. The molecular formula is C16H18F3N7O6S. The van der Waals surface area contributed by atoms with Crippen LogP contribution in [0.5, 0.6) is 0 Å². The molecule has 2 heterocycles. The zero-order chi connectivity index (χ0) is 24.1. The van der Waals surface area contributed by atoms with E-state index in [9.17, 15) is 37.5 Å². The number of nitrogens with one attached hydrogen (secondary N) is 1. The molecule has 3 aliphatic rings. The van der Waals surface area contributed by atoms with E-state index in [4.69, 9.17) is 0 Å². The van der Waals surface area contributed by atoms with Crippen molar-refractivity contribution in [2.75, 3.05) is 12.9 Å². The lowest BCUT2D eigenvalue weighted by molar-refractivity contribution is -0.212. The summed E-state index contributed by atoms with van der Waals surface area (Å²) in [5.74, 6) is -4.90. The Bertz CT molecular complexity index is 990. The Morgan fingerprint density at radius 1 is 1.30 bits per heavy atom. The van der Waals surface area contributed by atoms with Gasteiger partial charge in [0.05, 0.1) is 11.8 Å². The van der Waals surface area contributed by atoms with Gasteiger partial charge >= 0.3 is 18.2 Å². The zero-order valence-corrected chi connectivity index (χ0v) is 17.7. The summed E-state index contributed by atoms with van der Waals surface area (Å²) in [6, 6.07) is -1.53. The van der Waals surface area contributed by atoms with Gasteiger partial charge in [0.2, 0.25) is 11.1 Å². The number of ketones is 1. The Hall–Kier alpha value is -2.95. The normalized spacial score (nSPS) is 28.8. The highest BCUT2D eigenvalue weighted by atomic mass is 32.2. The van der Waals surface area contributed by atoms with Crippen LogP contribution in [0.4, 0.5) is 18.0 Å². The molecule has 2 N–H and O–H groups in total. The van der Waals surface area contributed by atoms with Crippen LogP contribution in [0.1, 0.15) is 12.8 Å². The molecule has 13 nitrogen and oxygen atoms in total. The summed E-state index contributed by atoms with van der Waals surface area (Å²) >= 11 is 1.04. The average Bonchev–Trinajstić information content (AvgIpc) is 3.31. The largest absolute Gasteiger partial charge is 0.490 e. The topological polar surface area (TPSA) is 160 Å². The van der Waals surface area contributed by atoms with Crippen molar-refractivity contribution >= 4 is 35.5 Å². The van der Waals surface area contributed by atoms with Gasteiger partial charge in [0.15, 0.2) is 5.78 Å². The van der Waals surface area contributed by atoms with Crippen LogP contribution < -0.4 is 5.32 Å². The highest BCUT2D eigenvalue weighted by Crippen LogP contribution is 2.53. The molecule has 180 valence electrons. The van der Waals surface area contributed by atoms with Crippen LogP contribution in [-0.2, 0) is 25.7 Å². The van der Waals surface area contributed by atoms with Crippen molar-refractivity contribution in [2.45, 2.75) is 48.9 Å². The molecule has 4 rings (SSSR count). The molecule has 0 aromatic carbocycles. The number of aromatic nitrogens is 4. The molecule has 1 aliphatic heterocycles. The monoisotopic (exact) mass is 493 g/mol. The van der Waals surface area contributed by atoms with Crippen LogP contribution in [0, 0.1) is 11.8 Å². The third-order valence-corrected chi connectivity index (χ3v) is 6.94. The molecule has 3 fully saturated rings. The number of carbonyl (C=O) groups excluding carboxylic acids is 3. The molecule has 1 saturated heterocycles. The van der Waals surface area contributed by atoms with Gasteiger partial charge in [0.1, 0.15) is 18.7 Å². The minimum absolute atomic E-state index is 0.00505. The molecule has 2 amide bonds. The number of likely N-dealkylation sites (N-methyl/N-ethyl adjacent to an activating group) is 1. The van der Waals surface area contributed by atoms with Crippen LogP contribution in [0.15, 0.2) is 5.16 Å². The molecule has 1 aromatic heterocycles. The first kappa shape index (κ1) is 23.2. The third-order valence-electron chi connectivity index (χ3n) is 6.00. The smallest absolute Gasteiger partial charge is 0.464 e. The van der Waals surface area contributed by atoms with Gasteiger partial charge in [-0.05, 0) is 23.3 Å². The molecule has 2 aliphatic carbocycles. The molecular weight excluding hydrogens is 475 g/mol. The molecule has 0 bridgehead atoms. The fourth-order valence-electron chi connectivity index (χ4n) is 4.65. The first-order valence-electron chi connectivity index (χ1n) is 9.74. The standard InChI is InChI=1S/C16H18F3N7O6S/c1-20-8(27)4-24-14(21-22-23-24)33-5-25-6-2-3-7(32-13(29)16(17,18)19)10-9(6)11(12(10)28)26(25)15(30)31/h6-7,9-11H,2-5H2,1H3,(H,20,27)(H,30,31)/t6?,7?,9-,10+,11?/m0/s1. The van der Waals surface area contributed by atoms with E-state index in [1.165, 1.54) is 16.7 Å². The summed E-state index contributed by atoms with van der Waals surface area (Å²) in [5, 5.41) is 25.7. The van der Waals surface area contributed by atoms with Gasteiger partial charge in [0, 0.05) is 19.0 Å². The molecule has 0 spiro atoms. The molecule has 3 unspecified atom stereocenters. The van der Waals surface area contributed by atoms with Crippen molar-refractivity contribution in [1.29, 1.82) is 0 Å². The molecule has 1 aromatic rings. The summed E-state index contributed by atoms with van der Waals surface area (Å²) in [7, 11) is 1.44. The summed E-state index contributed by atoms with van der Waals surface area (Å²) in [5.41, 5.74) is 0. The summed E-state index contributed by atoms with van der Waals surface area (Å²) < 4.78 is 43.6. The fraction of sp³-hybridized carbons (Fsp3) is 0.688. The lowest BCUT2D eigenvalue weighted by Crippen LogP contribution is -2.64. The molecule has 17 heteroatoms. The first-order chi connectivity index (χ1) is 15.5. The minimum atomic E-state index is -5.19. The Labute approximate surface area is 187 Å². The second-order valence-electron chi connectivity index (χ2n) is 7.67. The van der Waals surface area contributed by atoms with E-state index < -0.39 is 54.0 Å². The number of nitrogens with zero attached hydrogens (tertiary/aromatic N) is 6. The second-order valence-corrected chi connectivity index (χ2v) is 8.58. The van der Waals surface area contributed by atoms with Gasteiger partial charge in [-0.25, -0.2) is 24.3 Å². The fourth-order valence-corrected chi connectivity index (χ4v) is 5.56. The van der Waals surface area contributed by atoms with Gasteiger partial charge < -0.3 is 15.2 Å². The van der Waals surface area contributed by atoms with Crippen LogP contribution in [0.3, 0.4) is 0 Å². The van der Waals surface area contributed by atoms with E-state index >= 15 is 0 Å². The Balaban J connectivity index is 1.50. The van der Waals surface area contributed by atoms with Gasteiger partial charge in [-0.15, -0.1) is 5.10 Å². The average molecular weight is 493 g/mol. The Kier molecular flexibility index (Phi) is 5.94. The van der Waals surface area contributed by atoms with Crippen molar-refractivity contribution in [3.8, 4) is 0 Å². The van der Waals surface area contributed by atoms with E-state index in [0.29, 0.717) is 0 Å². The lowest BCUT2D eigenvalue weighted by Gasteiger charge is -2.47. The number of ether oxygens (including phenoxy) is 1. The van der Waals surface area contributed by atoms with Crippen molar-refractivity contribution < 1.29 is 42.2 Å². The number of Topliss-reactive ketones (excluding diaryl/α,β-unsaturated/α-hetero) is 1. The number of thioether (sulfide) groups is 1. The first-order valence-corrected chi connectivity index (χ1v) is 10.7. The van der Waals surface area contributed by atoms with E-state index in [1.807, 2.05) is 0 Å². The highest BCUT2D eigenvalue weighted by Gasteiger charge is 2.69. The highest BCUT2D eigenvalue weighted by molar-refractivity contribution is 7.99. The SMILES string of the molecule is CNC(=O)Cn1nnnc1SCN1C2CCC(OC(=O)C(F)(F)F)[C@H]3C(=O)C([C@@H]23)N1C(=O)O. The predicted octanol–water partition coefficient (Wildman–Crippen LogP) is -0.500. The number of hydrazine groups is 1. The number of hydrogen-bond acceptors (Lipinski definition) is 10. The lowest BCUT2D eigenvalue weighted by atomic mass is 9.59. The number of carbonyl (C=O) groups is 4.